The van der Waals surface area contributed by atoms with Crippen molar-refractivity contribution in [3.8, 4) is 22.8 Å². The van der Waals surface area contributed by atoms with Crippen LogP contribution in [0.4, 0.5) is 5.82 Å². The average Bonchev–Trinajstić information content (AvgIpc) is 2.46. The number of benzene rings is 1. The zero-order valence-corrected chi connectivity index (χ0v) is 12.3. The molecule has 1 heterocycles. The zero-order chi connectivity index (χ0) is 15.2. The molecule has 0 atom stereocenters. The number of ether oxygens (including phenoxy) is 1. The summed E-state index contributed by atoms with van der Waals surface area (Å²) in [6.07, 6.45) is 0.890. The number of nitrogen functional groups attached to an aromatic ring is 1. The van der Waals surface area contributed by atoms with Crippen LogP contribution in [0, 0.1) is 0 Å². The maximum absolute atomic E-state index is 9.85. The molecule has 0 radical (unpaired) electrons. The highest BCUT2D eigenvalue weighted by atomic mass is 16.5. The third kappa shape index (κ3) is 4.06. The van der Waals surface area contributed by atoms with Crippen LogP contribution in [0.25, 0.3) is 11.3 Å². The number of phenols is 1. The van der Waals surface area contributed by atoms with Crippen LogP contribution in [0.15, 0.2) is 30.3 Å². The average molecular weight is 288 g/mol. The first-order valence-corrected chi connectivity index (χ1v) is 6.77. The molecule has 0 aliphatic carbocycles. The highest BCUT2D eigenvalue weighted by molar-refractivity contribution is 5.68. The SMILES string of the molecule is CN(C)CCCOc1cc(-c2ccccc2O)nnc1N. The molecule has 112 valence electrons. The van der Waals surface area contributed by atoms with Gasteiger partial charge in [-0.15, -0.1) is 10.2 Å². The van der Waals surface area contributed by atoms with E-state index in [0.717, 1.165) is 13.0 Å². The molecule has 0 aliphatic heterocycles. The van der Waals surface area contributed by atoms with Crippen LogP contribution in [0.3, 0.4) is 0 Å². The molecule has 0 saturated heterocycles. The standard InChI is InChI=1S/C15H20N4O2/c1-19(2)8-5-9-21-14-10-12(17-18-15(14)16)11-6-3-4-7-13(11)20/h3-4,6-7,10,20H,5,8-9H2,1-2H3,(H2,16,18). The van der Waals surface area contributed by atoms with Gasteiger partial charge in [0.1, 0.15) is 11.4 Å². The maximum atomic E-state index is 9.85. The number of hydrogen-bond acceptors (Lipinski definition) is 6. The lowest BCUT2D eigenvalue weighted by atomic mass is 10.1. The van der Waals surface area contributed by atoms with Crippen molar-refractivity contribution in [1.29, 1.82) is 0 Å². The molecular formula is C15H20N4O2. The van der Waals surface area contributed by atoms with Crippen molar-refractivity contribution in [2.24, 2.45) is 0 Å². The predicted octanol–water partition coefficient (Wildman–Crippen LogP) is 1.76. The van der Waals surface area contributed by atoms with Gasteiger partial charge in [-0.25, -0.2) is 0 Å². The van der Waals surface area contributed by atoms with E-state index in [1.54, 1.807) is 24.3 Å². The van der Waals surface area contributed by atoms with Gasteiger partial charge in [0.15, 0.2) is 11.6 Å². The van der Waals surface area contributed by atoms with Crippen LogP contribution in [0.5, 0.6) is 11.5 Å². The largest absolute Gasteiger partial charge is 0.507 e. The maximum Gasteiger partial charge on any atom is 0.188 e. The summed E-state index contributed by atoms with van der Waals surface area (Å²) in [6.45, 7) is 1.49. The lowest BCUT2D eigenvalue weighted by molar-refractivity contribution is 0.282. The van der Waals surface area contributed by atoms with E-state index in [-0.39, 0.29) is 11.6 Å². The fraction of sp³-hybridized carbons (Fsp3) is 0.333. The Morgan fingerprint density at radius 3 is 2.71 bits per heavy atom. The van der Waals surface area contributed by atoms with E-state index < -0.39 is 0 Å². The second kappa shape index (κ2) is 6.90. The van der Waals surface area contributed by atoms with E-state index in [0.29, 0.717) is 23.6 Å². The number of anilines is 1. The van der Waals surface area contributed by atoms with Gasteiger partial charge in [-0.3, -0.25) is 0 Å². The molecule has 2 rings (SSSR count). The minimum absolute atomic E-state index is 0.148. The lowest BCUT2D eigenvalue weighted by Gasteiger charge is -2.12. The fourth-order valence-corrected chi connectivity index (χ4v) is 1.88. The van der Waals surface area contributed by atoms with Crippen LogP contribution in [0.2, 0.25) is 0 Å². The van der Waals surface area contributed by atoms with Crippen molar-refractivity contribution in [2.75, 3.05) is 33.0 Å². The van der Waals surface area contributed by atoms with E-state index in [1.807, 2.05) is 20.2 Å². The number of para-hydroxylation sites is 1. The van der Waals surface area contributed by atoms with Crippen molar-refractivity contribution in [1.82, 2.24) is 15.1 Å². The number of hydrogen-bond donors (Lipinski definition) is 2. The molecule has 0 amide bonds. The summed E-state index contributed by atoms with van der Waals surface area (Å²) in [5.41, 5.74) is 6.91. The first kappa shape index (κ1) is 15.1. The Hall–Kier alpha value is -2.34. The molecule has 0 unspecified atom stereocenters. The first-order chi connectivity index (χ1) is 10.1. The summed E-state index contributed by atoms with van der Waals surface area (Å²) in [5.74, 6) is 0.885. The molecule has 1 aromatic carbocycles. The fourth-order valence-electron chi connectivity index (χ4n) is 1.88. The normalized spacial score (nSPS) is 10.8. The molecule has 0 bridgehead atoms. The number of nitrogens with zero attached hydrogens (tertiary/aromatic N) is 3. The summed E-state index contributed by atoms with van der Waals surface area (Å²) < 4.78 is 5.65. The summed E-state index contributed by atoms with van der Waals surface area (Å²) in [4.78, 5) is 2.09. The van der Waals surface area contributed by atoms with E-state index in [1.165, 1.54) is 0 Å². The summed E-state index contributed by atoms with van der Waals surface area (Å²) in [5, 5.41) is 17.7. The Morgan fingerprint density at radius 1 is 1.24 bits per heavy atom. The van der Waals surface area contributed by atoms with Gasteiger partial charge < -0.3 is 20.5 Å². The molecular weight excluding hydrogens is 268 g/mol. The summed E-state index contributed by atoms with van der Waals surface area (Å²) in [7, 11) is 4.03. The highest BCUT2D eigenvalue weighted by Gasteiger charge is 2.10. The van der Waals surface area contributed by atoms with Crippen molar-refractivity contribution in [2.45, 2.75) is 6.42 Å². The first-order valence-electron chi connectivity index (χ1n) is 6.77. The van der Waals surface area contributed by atoms with Gasteiger partial charge in [0.2, 0.25) is 0 Å². The number of nitrogens with two attached hydrogens (primary N) is 1. The molecule has 1 aromatic heterocycles. The Balaban J connectivity index is 2.12. The topological polar surface area (TPSA) is 84.5 Å². The molecule has 0 spiro atoms. The number of aromatic nitrogens is 2. The second-order valence-electron chi connectivity index (χ2n) is 5.00. The van der Waals surface area contributed by atoms with Gasteiger partial charge in [-0.1, -0.05) is 12.1 Å². The van der Waals surface area contributed by atoms with E-state index >= 15 is 0 Å². The molecule has 0 saturated carbocycles. The van der Waals surface area contributed by atoms with E-state index in [2.05, 4.69) is 15.1 Å². The predicted molar refractivity (Wildman–Crippen MR) is 82.2 cm³/mol. The van der Waals surface area contributed by atoms with Crippen molar-refractivity contribution < 1.29 is 9.84 Å². The van der Waals surface area contributed by atoms with Crippen molar-refractivity contribution in [3.63, 3.8) is 0 Å². The Bertz CT molecular complexity index is 602. The third-order valence-corrected chi connectivity index (χ3v) is 2.97. The molecule has 0 aliphatic rings. The Kier molecular flexibility index (Phi) is 4.94. The van der Waals surface area contributed by atoms with Crippen LogP contribution in [-0.2, 0) is 0 Å². The van der Waals surface area contributed by atoms with Gasteiger partial charge in [0.05, 0.1) is 6.61 Å². The smallest absolute Gasteiger partial charge is 0.188 e. The molecule has 6 nitrogen and oxygen atoms in total. The molecule has 0 fully saturated rings. The Labute approximate surface area is 124 Å². The summed E-state index contributed by atoms with van der Waals surface area (Å²) in [6, 6.07) is 8.65. The molecule has 6 heteroatoms. The van der Waals surface area contributed by atoms with Gasteiger partial charge in [0, 0.05) is 18.2 Å². The van der Waals surface area contributed by atoms with Crippen molar-refractivity contribution >= 4 is 5.82 Å². The molecule has 2 aromatic rings. The van der Waals surface area contributed by atoms with Gasteiger partial charge in [-0.2, -0.15) is 0 Å². The summed E-state index contributed by atoms with van der Waals surface area (Å²) >= 11 is 0. The second-order valence-corrected chi connectivity index (χ2v) is 5.00. The van der Waals surface area contributed by atoms with Gasteiger partial charge in [-0.05, 0) is 32.6 Å². The van der Waals surface area contributed by atoms with Crippen LogP contribution in [0.1, 0.15) is 6.42 Å². The monoisotopic (exact) mass is 288 g/mol. The van der Waals surface area contributed by atoms with Gasteiger partial charge in [0.25, 0.3) is 0 Å². The highest BCUT2D eigenvalue weighted by Crippen LogP contribution is 2.30. The molecule has 21 heavy (non-hydrogen) atoms. The number of aromatic hydroxyl groups is 1. The van der Waals surface area contributed by atoms with Crippen LogP contribution >= 0.6 is 0 Å². The molecule has 3 N–H and O–H groups in total. The van der Waals surface area contributed by atoms with Crippen LogP contribution < -0.4 is 10.5 Å². The van der Waals surface area contributed by atoms with Gasteiger partial charge >= 0.3 is 0 Å². The van der Waals surface area contributed by atoms with E-state index in [4.69, 9.17) is 10.5 Å². The minimum atomic E-state index is 0.148. The Morgan fingerprint density at radius 2 is 2.00 bits per heavy atom. The van der Waals surface area contributed by atoms with E-state index in [9.17, 15) is 5.11 Å². The minimum Gasteiger partial charge on any atom is -0.507 e. The lowest BCUT2D eigenvalue weighted by Crippen LogP contribution is -2.16. The number of rotatable bonds is 6. The quantitative estimate of drug-likeness (QED) is 0.788. The zero-order valence-electron chi connectivity index (χ0n) is 12.3. The number of phenolic OH excluding ortho intramolecular Hbond substituents is 1. The third-order valence-electron chi connectivity index (χ3n) is 2.97. The van der Waals surface area contributed by atoms with Crippen molar-refractivity contribution in [3.05, 3.63) is 30.3 Å². The van der Waals surface area contributed by atoms with Crippen LogP contribution in [-0.4, -0.2) is 47.5 Å².